The van der Waals surface area contributed by atoms with Gasteiger partial charge in [-0.2, -0.15) is 0 Å². The van der Waals surface area contributed by atoms with Gasteiger partial charge in [-0.3, -0.25) is 4.79 Å². The van der Waals surface area contributed by atoms with Crippen LogP contribution in [0.1, 0.15) is 37.8 Å². The SMILES string of the molecule is CCc1cccc(CC)c1NCC(=O)Nc1ccc(N2CCCC2)cc1. The minimum Gasteiger partial charge on any atom is -0.376 e. The van der Waals surface area contributed by atoms with Crippen LogP contribution in [0.3, 0.4) is 0 Å². The predicted molar refractivity (Wildman–Crippen MR) is 110 cm³/mol. The highest BCUT2D eigenvalue weighted by Crippen LogP contribution is 2.23. The lowest BCUT2D eigenvalue weighted by molar-refractivity contribution is -0.114. The third-order valence-corrected chi connectivity index (χ3v) is 5.05. The van der Waals surface area contributed by atoms with E-state index in [0.29, 0.717) is 0 Å². The number of para-hydroxylation sites is 1. The molecule has 0 aromatic heterocycles. The number of nitrogens with zero attached hydrogens (tertiary/aromatic N) is 1. The lowest BCUT2D eigenvalue weighted by atomic mass is 10.0. The molecule has 0 spiro atoms. The van der Waals surface area contributed by atoms with E-state index >= 15 is 0 Å². The van der Waals surface area contributed by atoms with Crippen molar-refractivity contribution in [1.82, 2.24) is 0 Å². The summed E-state index contributed by atoms with van der Waals surface area (Å²) in [5.74, 6) is -0.0214. The summed E-state index contributed by atoms with van der Waals surface area (Å²) in [5.41, 5.74) is 5.71. The Morgan fingerprint density at radius 3 is 2.15 bits per heavy atom. The van der Waals surface area contributed by atoms with Gasteiger partial charge in [0.05, 0.1) is 6.54 Å². The second kappa shape index (κ2) is 8.75. The molecule has 1 amide bonds. The summed E-state index contributed by atoms with van der Waals surface area (Å²) in [6, 6.07) is 14.5. The van der Waals surface area contributed by atoms with E-state index in [-0.39, 0.29) is 12.5 Å². The van der Waals surface area contributed by atoms with E-state index in [9.17, 15) is 4.79 Å². The van der Waals surface area contributed by atoms with Gasteiger partial charge in [-0.15, -0.1) is 0 Å². The smallest absolute Gasteiger partial charge is 0.243 e. The van der Waals surface area contributed by atoms with Crippen molar-refractivity contribution >= 4 is 23.0 Å². The number of aryl methyl sites for hydroxylation is 2. The number of carbonyl (C=O) groups excluding carboxylic acids is 1. The molecule has 4 nitrogen and oxygen atoms in total. The second-order valence-corrected chi connectivity index (χ2v) is 6.80. The number of nitrogens with one attached hydrogen (secondary N) is 2. The topological polar surface area (TPSA) is 44.4 Å². The molecule has 3 rings (SSSR count). The Bertz CT molecular complexity index is 711. The Labute approximate surface area is 156 Å². The van der Waals surface area contributed by atoms with E-state index in [2.05, 4.69) is 59.7 Å². The maximum Gasteiger partial charge on any atom is 0.243 e. The molecule has 0 saturated carbocycles. The summed E-state index contributed by atoms with van der Waals surface area (Å²) >= 11 is 0. The summed E-state index contributed by atoms with van der Waals surface area (Å²) < 4.78 is 0. The summed E-state index contributed by atoms with van der Waals surface area (Å²) in [6.07, 6.45) is 4.44. The number of amides is 1. The number of benzene rings is 2. The van der Waals surface area contributed by atoms with Crippen molar-refractivity contribution in [2.24, 2.45) is 0 Å². The van der Waals surface area contributed by atoms with Crippen molar-refractivity contribution in [3.05, 3.63) is 53.6 Å². The molecule has 2 aromatic rings. The van der Waals surface area contributed by atoms with E-state index in [4.69, 9.17) is 0 Å². The van der Waals surface area contributed by atoms with Gasteiger partial charge in [-0.25, -0.2) is 0 Å². The van der Waals surface area contributed by atoms with Crippen molar-refractivity contribution in [1.29, 1.82) is 0 Å². The molecule has 1 heterocycles. The monoisotopic (exact) mass is 351 g/mol. The van der Waals surface area contributed by atoms with Crippen LogP contribution in [-0.4, -0.2) is 25.5 Å². The molecule has 1 aliphatic heterocycles. The van der Waals surface area contributed by atoms with E-state index < -0.39 is 0 Å². The fraction of sp³-hybridized carbons (Fsp3) is 0.409. The van der Waals surface area contributed by atoms with Crippen molar-refractivity contribution < 1.29 is 4.79 Å². The highest BCUT2D eigenvalue weighted by molar-refractivity contribution is 5.94. The molecule has 26 heavy (non-hydrogen) atoms. The first kappa shape index (κ1) is 18.3. The van der Waals surface area contributed by atoms with Crippen LogP contribution in [0, 0.1) is 0 Å². The molecule has 1 aliphatic rings. The quantitative estimate of drug-likeness (QED) is 0.774. The van der Waals surface area contributed by atoms with Crippen molar-refractivity contribution in [2.45, 2.75) is 39.5 Å². The van der Waals surface area contributed by atoms with E-state index in [1.165, 1.54) is 29.7 Å². The molecule has 0 aliphatic carbocycles. The minimum absolute atomic E-state index is 0.0214. The van der Waals surface area contributed by atoms with Gasteiger partial charge in [0.15, 0.2) is 0 Å². The summed E-state index contributed by atoms with van der Waals surface area (Å²) in [4.78, 5) is 14.7. The van der Waals surface area contributed by atoms with E-state index in [1.807, 2.05) is 12.1 Å². The fourth-order valence-electron chi connectivity index (χ4n) is 3.57. The van der Waals surface area contributed by atoms with Crippen LogP contribution in [0.15, 0.2) is 42.5 Å². The minimum atomic E-state index is -0.0214. The highest BCUT2D eigenvalue weighted by atomic mass is 16.1. The first-order valence-electron chi connectivity index (χ1n) is 9.70. The van der Waals surface area contributed by atoms with Gasteiger partial charge in [0.25, 0.3) is 0 Å². The predicted octanol–water partition coefficient (Wildman–Crippen LogP) is 4.46. The van der Waals surface area contributed by atoms with Crippen LogP contribution in [0.4, 0.5) is 17.1 Å². The summed E-state index contributed by atoms with van der Waals surface area (Å²) in [5, 5.41) is 6.32. The highest BCUT2D eigenvalue weighted by Gasteiger charge is 2.12. The van der Waals surface area contributed by atoms with Gasteiger partial charge in [-0.05, 0) is 61.1 Å². The van der Waals surface area contributed by atoms with E-state index in [0.717, 1.165) is 37.3 Å². The average molecular weight is 351 g/mol. The normalized spacial score (nSPS) is 13.7. The molecular formula is C22H29N3O. The summed E-state index contributed by atoms with van der Waals surface area (Å²) in [7, 11) is 0. The van der Waals surface area contributed by atoms with Crippen molar-refractivity contribution in [3.63, 3.8) is 0 Å². The molecular weight excluding hydrogens is 322 g/mol. The van der Waals surface area contributed by atoms with Crippen molar-refractivity contribution in [3.8, 4) is 0 Å². The number of hydrogen-bond donors (Lipinski definition) is 2. The van der Waals surface area contributed by atoms with Gasteiger partial charge < -0.3 is 15.5 Å². The Morgan fingerprint density at radius 1 is 0.962 bits per heavy atom. The molecule has 138 valence electrons. The van der Waals surface area contributed by atoms with Gasteiger partial charge in [-0.1, -0.05) is 32.0 Å². The largest absolute Gasteiger partial charge is 0.376 e. The zero-order valence-corrected chi connectivity index (χ0v) is 15.8. The lowest BCUT2D eigenvalue weighted by Crippen LogP contribution is -2.23. The first-order chi connectivity index (χ1) is 12.7. The fourth-order valence-corrected chi connectivity index (χ4v) is 3.57. The zero-order valence-electron chi connectivity index (χ0n) is 15.8. The van der Waals surface area contributed by atoms with Crippen LogP contribution >= 0.6 is 0 Å². The molecule has 0 bridgehead atoms. The third-order valence-electron chi connectivity index (χ3n) is 5.05. The molecule has 1 saturated heterocycles. The van der Waals surface area contributed by atoms with Crippen LogP contribution in [0.5, 0.6) is 0 Å². The maximum absolute atomic E-state index is 12.3. The molecule has 2 aromatic carbocycles. The number of carbonyl (C=O) groups is 1. The van der Waals surface area contributed by atoms with Gasteiger partial charge >= 0.3 is 0 Å². The van der Waals surface area contributed by atoms with Crippen LogP contribution < -0.4 is 15.5 Å². The number of rotatable bonds is 7. The van der Waals surface area contributed by atoms with Crippen LogP contribution in [-0.2, 0) is 17.6 Å². The molecule has 0 radical (unpaired) electrons. The van der Waals surface area contributed by atoms with Gasteiger partial charge in [0.2, 0.25) is 5.91 Å². The Balaban J connectivity index is 1.58. The summed E-state index contributed by atoms with van der Waals surface area (Å²) in [6.45, 7) is 6.82. The van der Waals surface area contributed by atoms with Crippen molar-refractivity contribution in [2.75, 3.05) is 35.2 Å². The molecule has 0 atom stereocenters. The maximum atomic E-state index is 12.3. The number of hydrogen-bond acceptors (Lipinski definition) is 3. The Hall–Kier alpha value is -2.49. The standard InChI is InChI=1S/C22H29N3O/c1-3-17-8-7-9-18(4-2)22(17)23-16-21(26)24-19-10-12-20(13-11-19)25-14-5-6-15-25/h7-13,23H,3-6,14-16H2,1-2H3,(H,24,26). The number of anilines is 3. The second-order valence-electron chi connectivity index (χ2n) is 6.80. The lowest BCUT2D eigenvalue weighted by Gasteiger charge is -2.18. The van der Waals surface area contributed by atoms with Gasteiger partial charge in [0, 0.05) is 30.2 Å². The average Bonchev–Trinajstić information content (AvgIpc) is 3.21. The molecule has 0 unspecified atom stereocenters. The first-order valence-corrected chi connectivity index (χ1v) is 9.70. The Kier molecular flexibility index (Phi) is 6.16. The zero-order chi connectivity index (χ0) is 18.4. The Morgan fingerprint density at radius 2 is 1.58 bits per heavy atom. The molecule has 2 N–H and O–H groups in total. The van der Waals surface area contributed by atoms with Crippen LogP contribution in [0.25, 0.3) is 0 Å². The molecule has 1 fully saturated rings. The molecule has 4 heteroatoms. The van der Waals surface area contributed by atoms with E-state index in [1.54, 1.807) is 0 Å². The third kappa shape index (κ3) is 4.37. The van der Waals surface area contributed by atoms with Crippen LogP contribution in [0.2, 0.25) is 0 Å². The van der Waals surface area contributed by atoms with Gasteiger partial charge in [0.1, 0.15) is 0 Å².